The van der Waals surface area contributed by atoms with Crippen molar-refractivity contribution in [1.29, 1.82) is 0 Å². The van der Waals surface area contributed by atoms with Crippen LogP contribution in [0.5, 0.6) is 11.5 Å². The highest BCUT2D eigenvalue weighted by atomic mass is 35.5. The van der Waals surface area contributed by atoms with Gasteiger partial charge in [0.15, 0.2) is 18.1 Å². The third-order valence-electron chi connectivity index (χ3n) is 3.23. The van der Waals surface area contributed by atoms with Gasteiger partial charge in [0, 0.05) is 11.8 Å². The van der Waals surface area contributed by atoms with Gasteiger partial charge in [-0.1, -0.05) is 23.2 Å². The molecule has 1 amide bonds. The molecule has 2 aromatic rings. The molecule has 0 spiro atoms. The van der Waals surface area contributed by atoms with Gasteiger partial charge >= 0.3 is 5.97 Å². The van der Waals surface area contributed by atoms with Gasteiger partial charge in [-0.05, 0) is 24.3 Å². The molecule has 26 heavy (non-hydrogen) atoms. The zero-order valence-corrected chi connectivity index (χ0v) is 15.3. The molecular weight excluding hydrogens is 388 g/mol. The molecule has 0 bridgehead atoms. The minimum atomic E-state index is -0.951. The maximum Gasteiger partial charge on any atom is 0.340 e. The summed E-state index contributed by atoms with van der Waals surface area (Å²) in [4.78, 5) is 23.9. The van der Waals surface area contributed by atoms with Gasteiger partial charge in [-0.2, -0.15) is 0 Å². The average Bonchev–Trinajstić information content (AvgIpc) is 2.62. The molecule has 0 aromatic heterocycles. The first-order valence-corrected chi connectivity index (χ1v) is 7.94. The molecule has 0 unspecified atom stereocenters. The maximum atomic E-state index is 13.4. The van der Waals surface area contributed by atoms with Crippen LogP contribution in [0.1, 0.15) is 10.4 Å². The smallest absolute Gasteiger partial charge is 0.340 e. The Bertz CT molecular complexity index is 844. The molecule has 6 nitrogen and oxygen atoms in total. The Hall–Kier alpha value is -2.51. The number of rotatable bonds is 6. The zero-order valence-electron chi connectivity index (χ0n) is 13.8. The van der Waals surface area contributed by atoms with E-state index in [1.54, 1.807) is 18.2 Å². The highest BCUT2D eigenvalue weighted by Crippen LogP contribution is 2.29. The molecule has 0 aliphatic heterocycles. The lowest BCUT2D eigenvalue weighted by Gasteiger charge is -2.11. The average molecular weight is 402 g/mol. The van der Waals surface area contributed by atoms with Crippen molar-refractivity contribution in [2.45, 2.75) is 0 Å². The number of ether oxygens (including phenoxy) is 3. The molecule has 9 heteroatoms. The predicted molar refractivity (Wildman–Crippen MR) is 94.9 cm³/mol. The van der Waals surface area contributed by atoms with E-state index in [-0.39, 0.29) is 15.6 Å². The van der Waals surface area contributed by atoms with Crippen LogP contribution in [0.2, 0.25) is 10.0 Å². The van der Waals surface area contributed by atoms with Crippen molar-refractivity contribution >= 4 is 40.8 Å². The van der Waals surface area contributed by atoms with Gasteiger partial charge in [0.25, 0.3) is 5.91 Å². The summed E-state index contributed by atoms with van der Waals surface area (Å²) in [7, 11) is 2.94. The van der Waals surface area contributed by atoms with E-state index in [0.717, 1.165) is 12.1 Å². The van der Waals surface area contributed by atoms with E-state index >= 15 is 0 Å². The summed E-state index contributed by atoms with van der Waals surface area (Å²) >= 11 is 11.4. The number of carbonyl (C=O) groups excluding carboxylic acids is 2. The van der Waals surface area contributed by atoms with E-state index in [1.165, 1.54) is 14.2 Å². The second-order valence-electron chi connectivity index (χ2n) is 4.94. The number of hydrogen-bond donors (Lipinski definition) is 1. The molecule has 0 atom stereocenters. The van der Waals surface area contributed by atoms with Crippen molar-refractivity contribution in [3.63, 3.8) is 0 Å². The summed E-state index contributed by atoms with van der Waals surface area (Å²) in [5.74, 6) is -1.45. The van der Waals surface area contributed by atoms with E-state index in [2.05, 4.69) is 5.32 Å². The number of methoxy groups -OCH3 is 2. The van der Waals surface area contributed by atoms with Crippen LogP contribution in [0.25, 0.3) is 0 Å². The highest BCUT2D eigenvalue weighted by molar-refractivity contribution is 6.36. The largest absolute Gasteiger partial charge is 0.493 e. The van der Waals surface area contributed by atoms with Gasteiger partial charge in [0.05, 0.1) is 29.8 Å². The lowest BCUT2D eigenvalue weighted by molar-refractivity contribution is -0.119. The monoisotopic (exact) mass is 401 g/mol. The van der Waals surface area contributed by atoms with Crippen molar-refractivity contribution in [2.24, 2.45) is 0 Å². The second-order valence-corrected chi connectivity index (χ2v) is 5.75. The highest BCUT2D eigenvalue weighted by Gasteiger charge is 2.17. The van der Waals surface area contributed by atoms with Crippen LogP contribution in [-0.2, 0) is 9.53 Å². The van der Waals surface area contributed by atoms with Crippen LogP contribution < -0.4 is 14.8 Å². The molecule has 2 aromatic carbocycles. The van der Waals surface area contributed by atoms with Crippen molar-refractivity contribution in [2.75, 3.05) is 26.1 Å². The first-order valence-electron chi connectivity index (χ1n) is 7.19. The van der Waals surface area contributed by atoms with Gasteiger partial charge in [0.2, 0.25) is 0 Å². The Labute approximate surface area is 158 Å². The van der Waals surface area contributed by atoms with Crippen LogP contribution in [0.15, 0.2) is 30.3 Å². The number of hydrogen-bond acceptors (Lipinski definition) is 5. The molecule has 0 aliphatic carbocycles. The number of carbonyl (C=O) groups is 2. The van der Waals surface area contributed by atoms with Gasteiger partial charge in [-0.25, -0.2) is 9.18 Å². The third-order valence-corrected chi connectivity index (χ3v) is 3.83. The molecule has 0 saturated carbocycles. The minimum absolute atomic E-state index is 0.0818. The van der Waals surface area contributed by atoms with E-state index in [4.69, 9.17) is 37.4 Å². The van der Waals surface area contributed by atoms with Crippen LogP contribution in [0, 0.1) is 5.82 Å². The summed E-state index contributed by atoms with van der Waals surface area (Å²) in [6.07, 6.45) is 0. The Morgan fingerprint density at radius 3 is 2.38 bits per heavy atom. The third kappa shape index (κ3) is 4.77. The molecule has 138 valence electrons. The number of esters is 1. The fraction of sp³-hybridized carbons (Fsp3) is 0.176. The topological polar surface area (TPSA) is 73.9 Å². The Morgan fingerprint density at radius 2 is 1.73 bits per heavy atom. The number of nitrogens with one attached hydrogen (secondary N) is 1. The molecular formula is C17H14Cl2FNO5. The van der Waals surface area contributed by atoms with Gasteiger partial charge in [0.1, 0.15) is 5.82 Å². The Kier molecular flexibility index (Phi) is 6.65. The second kappa shape index (κ2) is 8.73. The van der Waals surface area contributed by atoms with Crippen LogP contribution >= 0.6 is 23.2 Å². The number of anilines is 1. The first kappa shape index (κ1) is 19.8. The van der Waals surface area contributed by atoms with Gasteiger partial charge in [-0.3, -0.25) is 4.79 Å². The first-order chi connectivity index (χ1) is 12.3. The zero-order chi connectivity index (χ0) is 19.3. The minimum Gasteiger partial charge on any atom is -0.493 e. The van der Waals surface area contributed by atoms with Crippen molar-refractivity contribution in [1.82, 2.24) is 0 Å². The van der Waals surface area contributed by atoms with E-state index in [9.17, 15) is 14.0 Å². The van der Waals surface area contributed by atoms with Crippen molar-refractivity contribution in [3.8, 4) is 11.5 Å². The Balaban J connectivity index is 1.99. The lowest BCUT2D eigenvalue weighted by atomic mass is 10.2. The van der Waals surface area contributed by atoms with Gasteiger partial charge < -0.3 is 19.5 Å². The molecule has 2 rings (SSSR count). The summed E-state index contributed by atoms with van der Waals surface area (Å²) in [6.45, 7) is -0.590. The van der Waals surface area contributed by atoms with Crippen molar-refractivity contribution in [3.05, 3.63) is 51.8 Å². The number of benzene rings is 2. The molecule has 0 saturated heterocycles. The van der Waals surface area contributed by atoms with Crippen molar-refractivity contribution < 1.29 is 28.2 Å². The summed E-state index contributed by atoms with van der Waals surface area (Å²) < 4.78 is 28.5. The SMILES string of the molecule is COc1ccc(NC(=O)COC(=O)c2cc(F)c(Cl)cc2Cl)cc1OC. The van der Waals surface area contributed by atoms with Crippen LogP contribution in [0.3, 0.4) is 0 Å². The van der Waals surface area contributed by atoms with E-state index in [0.29, 0.717) is 17.2 Å². The standard InChI is InChI=1S/C17H14Cl2FNO5/c1-24-14-4-3-9(5-15(14)25-2)21-16(22)8-26-17(23)10-6-13(20)12(19)7-11(10)18/h3-7H,8H2,1-2H3,(H,21,22). The van der Waals surface area contributed by atoms with E-state index in [1.807, 2.05) is 0 Å². The molecule has 0 aliphatic rings. The molecule has 0 heterocycles. The molecule has 0 fully saturated rings. The fourth-order valence-electron chi connectivity index (χ4n) is 2.00. The van der Waals surface area contributed by atoms with E-state index < -0.39 is 24.3 Å². The Morgan fingerprint density at radius 1 is 1.04 bits per heavy atom. The quantitative estimate of drug-likeness (QED) is 0.585. The normalized spacial score (nSPS) is 10.2. The summed E-state index contributed by atoms with van der Waals surface area (Å²) in [6, 6.07) is 6.67. The lowest BCUT2D eigenvalue weighted by Crippen LogP contribution is -2.21. The molecule has 1 N–H and O–H groups in total. The number of halogens is 3. The van der Waals surface area contributed by atoms with Gasteiger partial charge in [-0.15, -0.1) is 0 Å². The fourth-order valence-corrected chi connectivity index (χ4v) is 2.46. The summed E-state index contributed by atoms with van der Waals surface area (Å²) in [5, 5.41) is 2.22. The van der Waals surface area contributed by atoms with Crippen LogP contribution in [-0.4, -0.2) is 32.7 Å². The predicted octanol–water partition coefficient (Wildman–Crippen LogP) is 3.95. The maximum absolute atomic E-state index is 13.4. The summed E-state index contributed by atoms with van der Waals surface area (Å²) in [5.41, 5.74) is 0.187. The molecule has 0 radical (unpaired) electrons. The number of amides is 1. The van der Waals surface area contributed by atoms with Crippen LogP contribution in [0.4, 0.5) is 10.1 Å².